The van der Waals surface area contributed by atoms with Crippen LogP contribution < -0.4 is 14.5 Å². The number of ether oxygens (including phenoxy) is 1. The van der Waals surface area contributed by atoms with Crippen molar-refractivity contribution in [1.29, 1.82) is 0 Å². The van der Waals surface area contributed by atoms with E-state index in [1.807, 2.05) is 24.5 Å². The summed E-state index contributed by atoms with van der Waals surface area (Å²) in [5, 5.41) is 2.18. The highest BCUT2D eigenvalue weighted by molar-refractivity contribution is 5.88. The minimum absolute atomic E-state index is 0.569. The zero-order chi connectivity index (χ0) is 35.2. The molecule has 2 aromatic heterocycles. The first-order chi connectivity index (χ1) is 24.7. The second-order valence-electron chi connectivity index (χ2n) is 15.3. The van der Waals surface area contributed by atoms with Crippen molar-refractivity contribution < 1.29 is 4.74 Å². The molecule has 0 aliphatic carbocycles. The summed E-state index contributed by atoms with van der Waals surface area (Å²) in [6.07, 6.45) is 8.25. The minimum Gasteiger partial charge on any atom is -0.453 e. The fourth-order valence-corrected chi connectivity index (χ4v) is 9.44. The van der Waals surface area contributed by atoms with E-state index in [1.165, 1.54) is 33.4 Å². The van der Waals surface area contributed by atoms with Gasteiger partial charge in [-0.3, -0.25) is 9.97 Å². The lowest BCUT2D eigenvalue weighted by Crippen LogP contribution is -2.34. The number of anilines is 2. The van der Waals surface area contributed by atoms with Crippen molar-refractivity contribution in [3.63, 3.8) is 0 Å². The Bertz CT molecular complexity index is 2040. The molecule has 4 aromatic carbocycles. The molecular formula is C46H50N4O. The highest BCUT2D eigenvalue weighted by atomic mass is 16.5. The number of benzene rings is 4. The first-order valence-electron chi connectivity index (χ1n) is 18.8. The molecule has 8 rings (SSSR count). The third kappa shape index (κ3) is 6.55. The summed E-state index contributed by atoms with van der Waals surface area (Å²) >= 11 is 0. The van der Waals surface area contributed by atoms with Crippen molar-refractivity contribution in [3.05, 3.63) is 130 Å². The van der Waals surface area contributed by atoms with Crippen LogP contribution in [0, 0.1) is 41.5 Å². The Morgan fingerprint density at radius 1 is 0.510 bits per heavy atom. The maximum atomic E-state index is 7.15. The Labute approximate surface area is 303 Å². The van der Waals surface area contributed by atoms with E-state index in [9.17, 15) is 0 Å². The maximum absolute atomic E-state index is 7.15. The van der Waals surface area contributed by atoms with Gasteiger partial charge in [-0.05, 0) is 149 Å². The molecule has 0 bridgehead atoms. The monoisotopic (exact) mass is 674 g/mol. The first-order valence-corrected chi connectivity index (χ1v) is 18.8. The summed E-state index contributed by atoms with van der Waals surface area (Å²) in [7, 11) is 0. The van der Waals surface area contributed by atoms with Crippen LogP contribution in [0.2, 0.25) is 0 Å². The van der Waals surface area contributed by atoms with Crippen LogP contribution in [0.25, 0.3) is 21.8 Å². The van der Waals surface area contributed by atoms with Gasteiger partial charge in [-0.25, -0.2) is 0 Å². The molecule has 0 amide bonds. The minimum atomic E-state index is 0.569. The maximum Gasteiger partial charge on any atom is 0.151 e. The fourth-order valence-electron chi connectivity index (χ4n) is 9.44. The zero-order valence-electron chi connectivity index (χ0n) is 31.1. The van der Waals surface area contributed by atoms with Crippen LogP contribution in [0.4, 0.5) is 11.4 Å². The van der Waals surface area contributed by atoms with Crippen LogP contribution in [0.15, 0.2) is 85.2 Å². The molecule has 5 nitrogen and oxygen atoms in total. The van der Waals surface area contributed by atoms with Crippen molar-refractivity contribution in [2.24, 2.45) is 0 Å². The van der Waals surface area contributed by atoms with Gasteiger partial charge in [-0.1, -0.05) is 47.5 Å². The smallest absolute Gasteiger partial charge is 0.151 e. The van der Waals surface area contributed by atoms with E-state index in [0.29, 0.717) is 11.8 Å². The van der Waals surface area contributed by atoms with Crippen molar-refractivity contribution in [2.45, 2.75) is 79.1 Å². The largest absolute Gasteiger partial charge is 0.453 e. The lowest BCUT2D eigenvalue weighted by Gasteiger charge is -2.37. The molecule has 4 heterocycles. The Hall–Kier alpha value is -4.90. The van der Waals surface area contributed by atoms with Crippen LogP contribution >= 0.6 is 0 Å². The average Bonchev–Trinajstić information content (AvgIpc) is 3.11. The molecule has 2 fully saturated rings. The van der Waals surface area contributed by atoms with E-state index in [2.05, 4.69) is 112 Å². The molecule has 2 saturated heterocycles. The number of fused-ring (bicyclic) bond motifs is 2. The number of hydrogen-bond donors (Lipinski definition) is 0. The first kappa shape index (κ1) is 33.3. The quantitative estimate of drug-likeness (QED) is 0.176. The van der Waals surface area contributed by atoms with Crippen LogP contribution in [-0.4, -0.2) is 36.1 Å². The van der Waals surface area contributed by atoms with Gasteiger partial charge in [0.2, 0.25) is 0 Å². The molecule has 0 radical (unpaired) electrons. The molecule has 2 aliphatic rings. The van der Waals surface area contributed by atoms with Crippen molar-refractivity contribution in [1.82, 2.24) is 9.97 Å². The number of aryl methyl sites for hydroxylation is 6. The van der Waals surface area contributed by atoms with Gasteiger partial charge in [0.1, 0.15) is 0 Å². The summed E-state index contributed by atoms with van der Waals surface area (Å²) in [4.78, 5) is 14.6. The highest BCUT2D eigenvalue weighted by Gasteiger charge is 2.28. The van der Waals surface area contributed by atoms with E-state index in [0.717, 1.165) is 96.5 Å². The standard InChI is InChI=1S/C46H50N4O/c1-29-21-31(3)45(32(4)22-29)35-11-17-49(18-12-35)41-27-39-37(9-7-15-47-39)25-43(41)51-44-26-38-10-8-16-48-40(38)28-42(44)50-19-13-36(14-20-50)46-33(5)23-30(2)24-34(46)6/h7-10,15-16,21-28,35-36H,11-14,17-20H2,1-6H3. The molecule has 0 unspecified atom stereocenters. The van der Waals surface area contributed by atoms with Crippen molar-refractivity contribution in [3.8, 4) is 11.5 Å². The number of pyridine rings is 2. The number of rotatable bonds is 6. The van der Waals surface area contributed by atoms with Crippen LogP contribution in [0.1, 0.15) is 82.0 Å². The summed E-state index contributed by atoms with van der Waals surface area (Å²) < 4.78 is 7.15. The van der Waals surface area contributed by atoms with Gasteiger partial charge >= 0.3 is 0 Å². The molecule has 0 N–H and O–H groups in total. The molecule has 260 valence electrons. The summed E-state index contributed by atoms with van der Waals surface area (Å²) in [6.45, 7) is 17.5. The molecule has 51 heavy (non-hydrogen) atoms. The molecule has 0 atom stereocenters. The topological polar surface area (TPSA) is 41.5 Å². The lowest BCUT2D eigenvalue weighted by atomic mass is 9.83. The van der Waals surface area contributed by atoms with Gasteiger partial charge in [-0.15, -0.1) is 0 Å². The Morgan fingerprint density at radius 3 is 1.25 bits per heavy atom. The van der Waals surface area contributed by atoms with Gasteiger partial charge in [0, 0.05) is 49.3 Å². The van der Waals surface area contributed by atoms with Crippen molar-refractivity contribution >= 4 is 33.2 Å². The molecule has 2 aliphatic heterocycles. The van der Waals surface area contributed by atoms with Gasteiger partial charge in [0.05, 0.1) is 22.4 Å². The Kier molecular flexibility index (Phi) is 8.91. The van der Waals surface area contributed by atoms with E-state index >= 15 is 0 Å². The summed E-state index contributed by atoms with van der Waals surface area (Å²) in [6, 6.07) is 26.6. The van der Waals surface area contributed by atoms with Gasteiger partial charge in [0.15, 0.2) is 11.5 Å². The normalized spacial score (nSPS) is 16.0. The van der Waals surface area contributed by atoms with Gasteiger partial charge in [0.25, 0.3) is 0 Å². The van der Waals surface area contributed by atoms with Gasteiger partial charge < -0.3 is 14.5 Å². The number of hydrogen-bond acceptors (Lipinski definition) is 5. The average molecular weight is 675 g/mol. The van der Waals surface area contributed by atoms with E-state index in [1.54, 1.807) is 11.1 Å². The predicted molar refractivity (Wildman–Crippen MR) is 213 cm³/mol. The summed E-state index contributed by atoms with van der Waals surface area (Å²) in [5.74, 6) is 2.92. The van der Waals surface area contributed by atoms with Crippen molar-refractivity contribution in [2.75, 3.05) is 36.0 Å². The molecule has 0 saturated carbocycles. The molecular weight excluding hydrogens is 625 g/mol. The summed E-state index contributed by atoms with van der Waals surface area (Å²) in [5.41, 5.74) is 15.7. The van der Waals surface area contributed by atoms with Gasteiger partial charge in [-0.2, -0.15) is 0 Å². The third-order valence-corrected chi connectivity index (χ3v) is 11.6. The number of nitrogens with zero attached hydrogens (tertiary/aromatic N) is 4. The fraction of sp³-hybridized carbons (Fsp3) is 0.348. The number of aromatic nitrogens is 2. The second-order valence-corrected chi connectivity index (χ2v) is 15.3. The highest BCUT2D eigenvalue weighted by Crippen LogP contribution is 2.44. The van der Waals surface area contributed by atoms with E-state index in [4.69, 9.17) is 14.7 Å². The van der Waals surface area contributed by atoms with E-state index < -0.39 is 0 Å². The van der Waals surface area contributed by atoms with Crippen LogP contribution in [0.3, 0.4) is 0 Å². The van der Waals surface area contributed by atoms with Crippen LogP contribution in [0.5, 0.6) is 11.5 Å². The van der Waals surface area contributed by atoms with Crippen LogP contribution in [-0.2, 0) is 0 Å². The Morgan fingerprint density at radius 2 is 0.882 bits per heavy atom. The molecule has 6 aromatic rings. The lowest BCUT2D eigenvalue weighted by molar-refractivity contribution is 0.460. The van der Waals surface area contributed by atoms with E-state index in [-0.39, 0.29) is 0 Å². The Balaban J connectivity index is 1.11. The zero-order valence-corrected chi connectivity index (χ0v) is 31.1. The predicted octanol–water partition coefficient (Wildman–Crippen LogP) is 11.2. The second kappa shape index (κ2) is 13.7. The molecule has 0 spiro atoms. The molecule has 5 heteroatoms. The SMILES string of the molecule is Cc1cc(C)c(C2CCN(c3cc4ncccc4cc3Oc3cc4cccnc4cc3N3CCC(c4c(C)cc(C)cc4C)CC3)CC2)c(C)c1. The third-order valence-electron chi connectivity index (χ3n) is 11.6. The number of piperidine rings is 2.